The van der Waals surface area contributed by atoms with Gasteiger partial charge >= 0.3 is 6.09 Å². The average Bonchev–Trinajstić information content (AvgIpc) is 2.98. The predicted molar refractivity (Wildman–Crippen MR) is 97.5 cm³/mol. The van der Waals surface area contributed by atoms with Crippen molar-refractivity contribution in [1.82, 2.24) is 20.4 Å². The number of nitrogens with zero attached hydrogens (tertiary/aromatic N) is 2. The maximum absolute atomic E-state index is 12.5. The van der Waals surface area contributed by atoms with Crippen molar-refractivity contribution in [1.29, 1.82) is 0 Å². The number of carbonyl (C=O) groups excluding carboxylic acids is 1. The fourth-order valence-electron chi connectivity index (χ4n) is 4.28. The number of aromatic amines is 1. The predicted octanol–water partition coefficient (Wildman–Crippen LogP) is 3.17. The Kier molecular flexibility index (Phi) is 5.09. The number of ether oxygens (including phenoxy) is 1. The number of piperidine rings is 1. The van der Waals surface area contributed by atoms with E-state index in [0.717, 1.165) is 43.5 Å². The van der Waals surface area contributed by atoms with Crippen molar-refractivity contribution < 1.29 is 9.53 Å². The van der Waals surface area contributed by atoms with Crippen LogP contribution in [0, 0.1) is 6.92 Å². The van der Waals surface area contributed by atoms with Gasteiger partial charge in [0.05, 0.1) is 5.69 Å². The molecule has 2 aliphatic heterocycles. The van der Waals surface area contributed by atoms with Crippen LogP contribution in [0.1, 0.15) is 64.8 Å². The van der Waals surface area contributed by atoms with Crippen LogP contribution in [0.4, 0.5) is 4.79 Å². The van der Waals surface area contributed by atoms with E-state index in [2.05, 4.69) is 28.5 Å². The van der Waals surface area contributed by atoms with Crippen molar-refractivity contribution in [3.8, 4) is 0 Å². The highest BCUT2D eigenvalue weighted by Crippen LogP contribution is 2.37. The van der Waals surface area contributed by atoms with Gasteiger partial charge in [0.25, 0.3) is 0 Å². The number of hydrogen-bond donors (Lipinski definition) is 2. The van der Waals surface area contributed by atoms with E-state index < -0.39 is 5.60 Å². The monoisotopic (exact) mass is 348 g/mol. The molecule has 0 radical (unpaired) electrons. The van der Waals surface area contributed by atoms with Crippen LogP contribution < -0.4 is 5.32 Å². The Morgan fingerprint density at radius 2 is 2.04 bits per heavy atom. The van der Waals surface area contributed by atoms with Gasteiger partial charge in [-0.25, -0.2) is 4.79 Å². The maximum atomic E-state index is 12.5. The van der Waals surface area contributed by atoms with Crippen molar-refractivity contribution in [2.24, 2.45) is 0 Å². The molecule has 0 aliphatic carbocycles. The third kappa shape index (κ3) is 4.54. The summed E-state index contributed by atoms with van der Waals surface area (Å²) >= 11 is 0. The lowest BCUT2D eigenvalue weighted by Gasteiger charge is -2.40. The number of hydrogen-bond acceptors (Lipinski definition) is 4. The van der Waals surface area contributed by atoms with Crippen LogP contribution in [0.3, 0.4) is 0 Å². The van der Waals surface area contributed by atoms with Crippen molar-refractivity contribution in [2.45, 2.75) is 96.5 Å². The molecule has 3 rings (SSSR count). The molecule has 6 heteroatoms. The molecule has 140 valence electrons. The molecule has 1 unspecified atom stereocenters. The highest BCUT2D eigenvalue weighted by molar-refractivity contribution is 5.69. The van der Waals surface area contributed by atoms with Gasteiger partial charge in [0, 0.05) is 36.3 Å². The summed E-state index contributed by atoms with van der Waals surface area (Å²) in [4.78, 5) is 14.5. The number of nitrogens with one attached hydrogen (secondary N) is 2. The zero-order valence-electron chi connectivity index (χ0n) is 16.1. The normalized spacial score (nSPS) is 27.4. The topological polar surface area (TPSA) is 70.2 Å². The summed E-state index contributed by atoms with van der Waals surface area (Å²) < 4.78 is 5.61. The minimum Gasteiger partial charge on any atom is -0.444 e. The first-order valence-electron chi connectivity index (χ1n) is 9.49. The molecule has 0 aromatic carbocycles. The first-order chi connectivity index (χ1) is 11.7. The number of amides is 1. The van der Waals surface area contributed by atoms with Crippen LogP contribution in [0.5, 0.6) is 0 Å². The Morgan fingerprint density at radius 3 is 2.56 bits per heavy atom. The summed E-state index contributed by atoms with van der Waals surface area (Å²) in [5, 5.41) is 11.1. The van der Waals surface area contributed by atoms with Crippen LogP contribution in [0.15, 0.2) is 6.07 Å². The van der Waals surface area contributed by atoms with E-state index >= 15 is 0 Å². The highest BCUT2D eigenvalue weighted by atomic mass is 16.6. The lowest BCUT2D eigenvalue weighted by atomic mass is 9.96. The Balaban J connectivity index is 1.53. The van der Waals surface area contributed by atoms with E-state index in [-0.39, 0.29) is 6.09 Å². The molecule has 2 bridgehead atoms. The highest BCUT2D eigenvalue weighted by Gasteiger charge is 2.44. The molecular formula is C19H32N4O2. The molecule has 25 heavy (non-hydrogen) atoms. The van der Waals surface area contributed by atoms with E-state index in [0.29, 0.717) is 24.2 Å². The fourth-order valence-corrected chi connectivity index (χ4v) is 4.28. The van der Waals surface area contributed by atoms with Crippen molar-refractivity contribution in [3.63, 3.8) is 0 Å². The standard InChI is InChI=1S/C19H32N4O2/c1-12(8-15-9-13(2)21-22-15)20-14-10-16-6-7-17(11-14)23(16)18(24)25-19(3,4)5/h9,12,14,16-17,20H,6-8,10-11H2,1-5H3,(H,21,22)/t12-,14?,16-,17+/m1/s1. The number of aryl methyl sites for hydroxylation is 1. The first-order valence-corrected chi connectivity index (χ1v) is 9.49. The molecule has 2 N–H and O–H groups in total. The van der Waals surface area contributed by atoms with E-state index in [4.69, 9.17) is 4.74 Å². The molecule has 6 nitrogen and oxygen atoms in total. The van der Waals surface area contributed by atoms with Crippen molar-refractivity contribution in [2.75, 3.05) is 0 Å². The molecule has 2 fully saturated rings. The summed E-state index contributed by atoms with van der Waals surface area (Å²) in [6.45, 7) is 10.0. The largest absolute Gasteiger partial charge is 0.444 e. The molecule has 2 aliphatic rings. The first kappa shape index (κ1) is 18.2. The number of rotatable bonds is 4. The van der Waals surface area contributed by atoms with Gasteiger partial charge in [0.1, 0.15) is 5.60 Å². The van der Waals surface area contributed by atoms with Gasteiger partial charge in [-0.15, -0.1) is 0 Å². The number of fused-ring (bicyclic) bond motifs is 2. The molecule has 1 aromatic heterocycles. The quantitative estimate of drug-likeness (QED) is 0.877. The third-order valence-corrected chi connectivity index (χ3v) is 5.13. The SMILES string of the molecule is Cc1cc(C[C@@H](C)NC2C[C@H]3CC[C@@H](C2)N3C(=O)OC(C)(C)C)n[nH]1. The third-order valence-electron chi connectivity index (χ3n) is 5.13. The Labute approximate surface area is 150 Å². The molecule has 2 saturated heterocycles. The zero-order valence-corrected chi connectivity index (χ0v) is 16.1. The van der Waals surface area contributed by atoms with Gasteiger partial charge in [0.15, 0.2) is 0 Å². The Morgan fingerprint density at radius 1 is 1.40 bits per heavy atom. The van der Waals surface area contributed by atoms with E-state index in [1.807, 2.05) is 32.6 Å². The van der Waals surface area contributed by atoms with Crippen LogP contribution in [0.2, 0.25) is 0 Å². The van der Waals surface area contributed by atoms with Gasteiger partial charge in [-0.05, 0) is 66.4 Å². The lowest BCUT2D eigenvalue weighted by Crippen LogP contribution is -2.54. The van der Waals surface area contributed by atoms with Gasteiger partial charge in [-0.1, -0.05) is 0 Å². The van der Waals surface area contributed by atoms with E-state index in [1.54, 1.807) is 0 Å². The molecule has 4 atom stereocenters. The van der Waals surface area contributed by atoms with Crippen LogP contribution in [-0.4, -0.2) is 51.0 Å². The zero-order chi connectivity index (χ0) is 18.2. The van der Waals surface area contributed by atoms with E-state index in [1.165, 1.54) is 0 Å². The second-order valence-corrected chi connectivity index (χ2v) is 8.76. The summed E-state index contributed by atoms with van der Waals surface area (Å²) in [6, 6.07) is 3.57. The van der Waals surface area contributed by atoms with Gasteiger partial charge < -0.3 is 15.0 Å². The average molecular weight is 348 g/mol. The smallest absolute Gasteiger partial charge is 0.410 e. The molecular weight excluding hydrogens is 316 g/mol. The van der Waals surface area contributed by atoms with Gasteiger partial charge in [-0.3, -0.25) is 5.10 Å². The van der Waals surface area contributed by atoms with E-state index in [9.17, 15) is 4.79 Å². The van der Waals surface area contributed by atoms with Gasteiger partial charge in [0.2, 0.25) is 0 Å². The number of H-pyrrole nitrogens is 1. The number of aromatic nitrogens is 2. The second kappa shape index (κ2) is 6.98. The lowest BCUT2D eigenvalue weighted by molar-refractivity contribution is 0.00438. The minimum absolute atomic E-state index is 0.140. The van der Waals surface area contributed by atoms with Crippen LogP contribution in [-0.2, 0) is 11.2 Å². The van der Waals surface area contributed by atoms with Crippen molar-refractivity contribution >= 4 is 6.09 Å². The van der Waals surface area contributed by atoms with Gasteiger partial charge in [-0.2, -0.15) is 5.10 Å². The summed E-state index contributed by atoms with van der Waals surface area (Å²) in [5.74, 6) is 0. The summed E-state index contributed by atoms with van der Waals surface area (Å²) in [5.41, 5.74) is 1.78. The maximum Gasteiger partial charge on any atom is 0.410 e. The Hall–Kier alpha value is -1.56. The molecule has 1 amide bonds. The fraction of sp³-hybridized carbons (Fsp3) is 0.789. The second-order valence-electron chi connectivity index (χ2n) is 8.76. The summed E-state index contributed by atoms with van der Waals surface area (Å²) in [6.07, 6.45) is 4.99. The molecule has 0 saturated carbocycles. The minimum atomic E-state index is -0.429. The number of carbonyl (C=O) groups is 1. The van der Waals surface area contributed by atoms with Crippen molar-refractivity contribution in [3.05, 3.63) is 17.5 Å². The van der Waals surface area contributed by atoms with Crippen LogP contribution >= 0.6 is 0 Å². The molecule has 0 spiro atoms. The molecule has 3 heterocycles. The summed E-state index contributed by atoms with van der Waals surface area (Å²) in [7, 11) is 0. The van der Waals surface area contributed by atoms with Crippen LogP contribution in [0.25, 0.3) is 0 Å². The molecule has 1 aromatic rings. The Bertz CT molecular complexity index is 593.